The third-order valence-corrected chi connectivity index (χ3v) is 8.31. The predicted octanol–water partition coefficient (Wildman–Crippen LogP) is 10.0. The molecule has 43 heavy (non-hydrogen) atoms. The molecule has 0 bridgehead atoms. The van der Waals surface area contributed by atoms with Crippen molar-refractivity contribution in [1.82, 2.24) is 14.9 Å². The molecule has 1 saturated heterocycles. The topological polar surface area (TPSA) is 59.0 Å². The van der Waals surface area contributed by atoms with Crippen LogP contribution < -0.4 is 4.90 Å². The second-order valence-electron chi connectivity index (χ2n) is 11.5. The fraction of sp³-hybridized carbons (Fsp3) is 0.421. The number of anilines is 2. The van der Waals surface area contributed by atoms with E-state index in [-0.39, 0.29) is 0 Å². The molecule has 1 aliphatic rings. The second-order valence-corrected chi connectivity index (χ2v) is 11.5. The lowest BCUT2D eigenvalue weighted by Gasteiger charge is -2.26. The Balaban J connectivity index is 0.000000353. The van der Waals surface area contributed by atoms with Gasteiger partial charge in [0.2, 0.25) is 0 Å². The predicted molar refractivity (Wildman–Crippen MR) is 186 cm³/mol. The largest absolute Gasteiger partial charge is 0.361 e. The van der Waals surface area contributed by atoms with Crippen molar-refractivity contribution in [3.05, 3.63) is 95.5 Å². The minimum Gasteiger partial charge on any atom is -0.361 e. The minimum atomic E-state index is 0.541. The Morgan fingerprint density at radius 1 is 1.12 bits per heavy atom. The summed E-state index contributed by atoms with van der Waals surface area (Å²) >= 11 is 0. The summed E-state index contributed by atoms with van der Waals surface area (Å²) in [6.45, 7) is 17.6. The number of aromatic amines is 1. The highest BCUT2D eigenvalue weighted by atomic mass is 15.2. The molecule has 2 aromatic heterocycles. The molecule has 0 spiro atoms. The number of nitrogens with one attached hydrogen (secondary N) is 1. The van der Waals surface area contributed by atoms with Gasteiger partial charge in [-0.3, -0.25) is 4.98 Å². The number of pyridine rings is 1. The number of aryl methyl sites for hydroxylation is 1. The SMILES string of the molecule is C=C(\C=C/C=C(C)/C=C/c1cncc(C#N)c1N(C)c1ccc2[nH]ccc2c1C)CC.CCCC(CCC)N1CCCC1. The van der Waals surface area contributed by atoms with Crippen LogP contribution in [0.4, 0.5) is 11.4 Å². The lowest BCUT2D eigenvalue weighted by molar-refractivity contribution is 0.216. The Labute approximate surface area is 260 Å². The van der Waals surface area contributed by atoms with Crippen molar-refractivity contribution < 1.29 is 0 Å². The van der Waals surface area contributed by atoms with Crippen LogP contribution in [0, 0.1) is 18.3 Å². The van der Waals surface area contributed by atoms with Crippen LogP contribution in [0.15, 0.2) is 78.8 Å². The van der Waals surface area contributed by atoms with Crippen molar-refractivity contribution in [2.75, 3.05) is 25.0 Å². The van der Waals surface area contributed by atoms with E-state index in [4.69, 9.17) is 0 Å². The standard InChI is InChI=1S/C27H28N4.C11H23N/c1-6-19(2)8-7-9-20(3)10-11-22-17-29-18-23(16-28)27(22)31(5)26-13-12-25-24(21(26)4)14-15-30-25;1-3-7-11(8-4-2)12-9-5-6-10-12/h7-15,17-18,30H,2,6H2,1,3-5H3;11H,3-10H2,1-2H3/b8-7-,11-10+,20-9+;. The van der Waals surface area contributed by atoms with Crippen molar-refractivity contribution in [2.45, 2.75) is 85.6 Å². The Morgan fingerprint density at radius 3 is 2.49 bits per heavy atom. The molecule has 1 aromatic carbocycles. The molecule has 0 unspecified atom stereocenters. The highest BCUT2D eigenvalue weighted by Crippen LogP contribution is 2.35. The zero-order chi connectivity index (χ0) is 31.2. The second kappa shape index (κ2) is 17.3. The number of rotatable bonds is 12. The molecule has 0 saturated carbocycles. The monoisotopic (exact) mass is 577 g/mol. The van der Waals surface area contributed by atoms with Crippen LogP contribution >= 0.6 is 0 Å². The van der Waals surface area contributed by atoms with E-state index in [1.807, 2.05) is 50.5 Å². The van der Waals surface area contributed by atoms with Gasteiger partial charge in [-0.05, 0) is 82.8 Å². The molecule has 0 radical (unpaired) electrons. The van der Waals surface area contributed by atoms with E-state index >= 15 is 0 Å². The minimum absolute atomic E-state index is 0.541. The molecule has 0 atom stereocenters. The summed E-state index contributed by atoms with van der Waals surface area (Å²) in [5, 5.41) is 10.9. The van der Waals surface area contributed by atoms with Crippen LogP contribution in [-0.2, 0) is 0 Å². The molecule has 228 valence electrons. The van der Waals surface area contributed by atoms with E-state index in [0.717, 1.165) is 51.6 Å². The first-order valence-electron chi connectivity index (χ1n) is 16.0. The van der Waals surface area contributed by atoms with Crippen molar-refractivity contribution in [1.29, 1.82) is 5.26 Å². The van der Waals surface area contributed by atoms with Crippen molar-refractivity contribution in [3.63, 3.8) is 0 Å². The molecule has 3 heterocycles. The number of allylic oxidation sites excluding steroid dienone is 6. The van der Waals surface area contributed by atoms with Gasteiger partial charge in [0.05, 0.1) is 11.3 Å². The van der Waals surface area contributed by atoms with Gasteiger partial charge in [-0.25, -0.2) is 0 Å². The number of H-pyrrole nitrogens is 1. The summed E-state index contributed by atoms with van der Waals surface area (Å²) in [6, 6.07) is 9.44. The zero-order valence-corrected chi connectivity index (χ0v) is 27.3. The first kappa shape index (κ1) is 33.6. The van der Waals surface area contributed by atoms with Crippen molar-refractivity contribution in [2.24, 2.45) is 0 Å². The summed E-state index contributed by atoms with van der Waals surface area (Å²) in [5.41, 5.74) is 7.79. The highest BCUT2D eigenvalue weighted by Gasteiger charge is 2.20. The van der Waals surface area contributed by atoms with E-state index in [1.165, 1.54) is 57.0 Å². The summed E-state index contributed by atoms with van der Waals surface area (Å²) in [6.07, 6.45) is 24.8. The first-order chi connectivity index (χ1) is 20.8. The van der Waals surface area contributed by atoms with E-state index in [9.17, 15) is 5.26 Å². The molecule has 3 aromatic rings. The average molecular weight is 578 g/mol. The van der Waals surface area contributed by atoms with Crippen LogP contribution in [0.2, 0.25) is 0 Å². The average Bonchev–Trinajstić information content (AvgIpc) is 3.73. The van der Waals surface area contributed by atoms with E-state index in [2.05, 4.69) is 78.3 Å². The number of nitrogens with zero attached hydrogens (tertiary/aromatic N) is 4. The molecule has 1 aliphatic heterocycles. The maximum Gasteiger partial charge on any atom is 0.103 e. The van der Waals surface area contributed by atoms with Gasteiger partial charge in [-0.1, -0.05) is 81.7 Å². The van der Waals surface area contributed by atoms with Crippen LogP contribution in [0.3, 0.4) is 0 Å². The molecule has 1 fully saturated rings. The fourth-order valence-corrected chi connectivity index (χ4v) is 5.82. The van der Waals surface area contributed by atoms with E-state index in [1.54, 1.807) is 12.4 Å². The maximum atomic E-state index is 9.74. The van der Waals surface area contributed by atoms with Crippen LogP contribution in [-0.4, -0.2) is 41.0 Å². The van der Waals surface area contributed by atoms with Crippen molar-refractivity contribution >= 4 is 28.4 Å². The molecule has 0 amide bonds. The third kappa shape index (κ3) is 9.30. The Morgan fingerprint density at radius 2 is 1.84 bits per heavy atom. The molecule has 5 nitrogen and oxygen atoms in total. The Bertz CT molecular complexity index is 1450. The van der Waals surface area contributed by atoms with Crippen molar-refractivity contribution in [3.8, 4) is 6.07 Å². The number of aromatic nitrogens is 2. The van der Waals surface area contributed by atoms with E-state index < -0.39 is 0 Å². The van der Waals surface area contributed by atoms with Crippen LogP contribution in [0.25, 0.3) is 17.0 Å². The molecule has 0 aliphatic carbocycles. The lowest BCUT2D eigenvalue weighted by Crippen LogP contribution is -2.32. The van der Waals surface area contributed by atoms with Gasteiger partial charge in [0.15, 0.2) is 0 Å². The maximum absolute atomic E-state index is 9.74. The number of hydrogen-bond donors (Lipinski definition) is 1. The van der Waals surface area contributed by atoms with Crippen LogP contribution in [0.1, 0.15) is 89.3 Å². The van der Waals surface area contributed by atoms with Gasteiger partial charge < -0.3 is 14.8 Å². The Hall–Kier alpha value is -3.88. The number of benzene rings is 1. The smallest absolute Gasteiger partial charge is 0.103 e. The summed E-state index contributed by atoms with van der Waals surface area (Å²) in [5.74, 6) is 0. The zero-order valence-electron chi connectivity index (χ0n) is 27.3. The first-order valence-corrected chi connectivity index (χ1v) is 16.0. The van der Waals surface area contributed by atoms with Gasteiger partial charge in [0.1, 0.15) is 6.07 Å². The molecular weight excluding hydrogens is 526 g/mol. The molecular formula is C38H51N5. The van der Waals surface area contributed by atoms with Gasteiger partial charge in [0.25, 0.3) is 0 Å². The highest BCUT2D eigenvalue weighted by molar-refractivity contribution is 5.90. The molecule has 4 rings (SSSR count). The van der Waals surface area contributed by atoms with E-state index in [0.29, 0.717) is 5.56 Å². The third-order valence-electron chi connectivity index (χ3n) is 8.31. The molecule has 1 N–H and O–H groups in total. The van der Waals surface area contributed by atoms with Gasteiger partial charge >= 0.3 is 0 Å². The van der Waals surface area contributed by atoms with Gasteiger partial charge in [-0.15, -0.1) is 0 Å². The summed E-state index contributed by atoms with van der Waals surface area (Å²) in [4.78, 5) is 12.3. The lowest BCUT2D eigenvalue weighted by atomic mass is 10.0. The Kier molecular flexibility index (Phi) is 13.5. The summed E-state index contributed by atoms with van der Waals surface area (Å²) in [7, 11) is 2.00. The summed E-state index contributed by atoms with van der Waals surface area (Å²) < 4.78 is 0. The van der Waals surface area contributed by atoms with Gasteiger partial charge in [0, 0.05) is 53.8 Å². The number of likely N-dealkylation sites (tertiary alicyclic amines) is 1. The number of hydrogen-bond acceptors (Lipinski definition) is 4. The number of nitriles is 1. The molecule has 5 heteroatoms. The van der Waals surface area contributed by atoms with Crippen LogP contribution in [0.5, 0.6) is 0 Å². The normalized spacial score (nSPS) is 14.0. The number of fused-ring (bicyclic) bond motifs is 1. The quantitative estimate of drug-likeness (QED) is 0.218. The van der Waals surface area contributed by atoms with Gasteiger partial charge in [-0.2, -0.15) is 5.26 Å². The fourth-order valence-electron chi connectivity index (χ4n) is 5.82.